The van der Waals surface area contributed by atoms with E-state index >= 15 is 0 Å². The minimum Gasteiger partial charge on any atom is -0.382 e. The molecule has 0 fully saturated rings. The van der Waals surface area contributed by atoms with Crippen molar-refractivity contribution in [3.05, 3.63) is 66.7 Å². The number of benzene rings is 2. The van der Waals surface area contributed by atoms with Crippen LogP contribution in [0.3, 0.4) is 0 Å². The van der Waals surface area contributed by atoms with Gasteiger partial charge in [-0.15, -0.1) is 10.2 Å². The van der Waals surface area contributed by atoms with Crippen molar-refractivity contribution in [1.29, 1.82) is 0 Å². The second kappa shape index (κ2) is 4.90. The van der Waals surface area contributed by atoms with Gasteiger partial charge in [0.2, 0.25) is 0 Å². The van der Waals surface area contributed by atoms with Gasteiger partial charge in [-0.25, -0.2) is 0 Å². The Bertz CT molecular complexity index is 659. The zero-order valence-electron chi connectivity index (χ0n) is 10.3. The van der Waals surface area contributed by atoms with E-state index in [0.29, 0.717) is 5.82 Å². The quantitative estimate of drug-likeness (QED) is 0.755. The molecular weight excluding hydrogens is 234 g/mol. The van der Waals surface area contributed by atoms with E-state index in [1.54, 1.807) is 6.07 Å². The first-order chi connectivity index (χ1) is 9.33. The monoisotopic (exact) mass is 247 g/mol. The number of aromatic nitrogens is 2. The zero-order chi connectivity index (χ0) is 13.1. The maximum Gasteiger partial charge on any atom is 0.146 e. The molecule has 0 saturated heterocycles. The molecule has 1 aromatic heterocycles. The molecule has 0 amide bonds. The molecule has 0 bridgehead atoms. The molecule has 1 heterocycles. The molecule has 3 aromatic rings. The van der Waals surface area contributed by atoms with Gasteiger partial charge in [-0.1, -0.05) is 54.6 Å². The van der Waals surface area contributed by atoms with Crippen molar-refractivity contribution in [3.63, 3.8) is 0 Å². The molecule has 0 saturated carbocycles. The highest BCUT2D eigenvalue weighted by Gasteiger charge is 2.01. The average Bonchev–Trinajstić information content (AvgIpc) is 2.49. The number of hydrogen-bond donors (Lipinski definition) is 1. The number of anilines is 1. The van der Waals surface area contributed by atoms with Crippen LogP contribution < -0.4 is 5.73 Å². The Morgan fingerprint density at radius 2 is 1.21 bits per heavy atom. The number of rotatable bonds is 2. The first kappa shape index (κ1) is 11.4. The van der Waals surface area contributed by atoms with Gasteiger partial charge in [-0.2, -0.15) is 0 Å². The number of nitrogens with two attached hydrogens (primary N) is 1. The minimum absolute atomic E-state index is 0.435. The van der Waals surface area contributed by atoms with Crippen LogP contribution in [0.2, 0.25) is 0 Å². The lowest BCUT2D eigenvalue weighted by Gasteiger charge is -2.04. The molecule has 0 spiro atoms. The summed E-state index contributed by atoms with van der Waals surface area (Å²) in [5, 5.41) is 7.94. The summed E-state index contributed by atoms with van der Waals surface area (Å²) in [5.74, 6) is 0.435. The number of nitrogens with zero attached hydrogens (tertiary/aromatic N) is 2. The van der Waals surface area contributed by atoms with E-state index in [-0.39, 0.29) is 0 Å². The van der Waals surface area contributed by atoms with Crippen molar-refractivity contribution in [3.8, 4) is 22.4 Å². The Morgan fingerprint density at radius 1 is 0.579 bits per heavy atom. The minimum atomic E-state index is 0.435. The predicted molar refractivity (Wildman–Crippen MR) is 77.3 cm³/mol. The lowest BCUT2D eigenvalue weighted by atomic mass is 10.0. The molecule has 0 unspecified atom stereocenters. The molecule has 0 atom stereocenters. The van der Waals surface area contributed by atoms with E-state index in [1.807, 2.05) is 36.4 Å². The highest BCUT2D eigenvalue weighted by Crippen LogP contribution is 2.23. The van der Waals surface area contributed by atoms with E-state index in [0.717, 1.165) is 11.3 Å². The summed E-state index contributed by atoms with van der Waals surface area (Å²) in [6, 6.07) is 22.2. The maximum atomic E-state index is 5.53. The maximum absolute atomic E-state index is 5.53. The number of nitrogen functional groups attached to an aromatic ring is 1. The summed E-state index contributed by atoms with van der Waals surface area (Å²) in [5.41, 5.74) is 9.79. The van der Waals surface area contributed by atoms with Gasteiger partial charge in [0.1, 0.15) is 5.82 Å². The van der Waals surface area contributed by atoms with Crippen molar-refractivity contribution in [2.24, 2.45) is 0 Å². The van der Waals surface area contributed by atoms with Gasteiger partial charge in [-0.05, 0) is 23.3 Å². The van der Waals surface area contributed by atoms with Crippen LogP contribution in [0.5, 0.6) is 0 Å². The summed E-state index contributed by atoms with van der Waals surface area (Å²) in [4.78, 5) is 0. The average molecular weight is 247 g/mol. The summed E-state index contributed by atoms with van der Waals surface area (Å²) in [6.45, 7) is 0. The molecule has 19 heavy (non-hydrogen) atoms. The van der Waals surface area contributed by atoms with Crippen LogP contribution in [0.15, 0.2) is 66.7 Å². The van der Waals surface area contributed by atoms with Crippen molar-refractivity contribution in [2.45, 2.75) is 0 Å². The summed E-state index contributed by atoms with van der Waals surface area (Å²) < 4.78 is 0. The Hall–Kier alpha value is -2.68. The van der Waals surface area contributed by atoms with E-state index in [2.05, 4.69) is 34.5 Å². The molecule has 3 nitrogen and oxygen atoms in total. The molecule has 0 aliphatic carbocycles. The van der Waals surface area contributed by atoms with E-state index in [4.69, 9.17) is 5.73 Å². The molecular formula is C16H13N3. The topological polar surface area (TPSA) is 51.8 Å². The third-order valence-corrected chi connectivity index (χ3v) is 2.97. The highest BCUT2D eigenvalue weighted by atomic mass is 15.1. The molecule has 0 aliphatic rings. The first-order valence-corrected chi connectivity index (χ1v) is 6.08. The van der Waals surface area contributed by atoms with E-state index < -0.39 is 0 Å². The predicted octanol–water partition coefficient (Wildman–Crippen LogP) is 3.39. The first-order valence-electron chi connectivity index (χ1n) is 6.08. The fraction of sp³-hybridized carbons (Fsp3) is 0. The highest BCUT2D eigenvalue weighted by molar-refractivity contribution is 5.68. The Labute approximate surface area is 111 Å². The van der Waals surface area contributed by atoms with Gasteiger partial charge in [0.25, 0.3) is 0 Å². The van der Waals surface area contributed by atoms with Crippen LogP contribution in [0.4, 0.5) is 5.82 Å². The second-order valence-electron chi connectivity index (χ2n) is 4.29. The molecule has 2 aromatic carbocycles. The standard InChI is InChI=1S/C16H13N3/c17-16-11-10-15(18-19-16)14-8-6-13(7-9-14)12-4-2-1-3-5-12/h1-11H,(H2,17,19). The lowest BCUT2D eigenvalue weighted by molar-refractivity contribution is 1.05. The zero-order valence-corrected chi connectivity index (χ0v) is 10.3. The van der Waals surface area contributed by atoms with Crippen molar-refractivity contribution in [2.75, 3.05) is 5.73 Å². The van der Waals surface area contributed by atoms with Crippen LogP contribution in [-0.4, -0.2) is 10.2 Å². The fourth-order valence-electron chi connectivity index (χ4n) is 1.96. The van der Waals surface area contributed by atoms with Gasteiger partial charge in [0.15, 0.2) is 0 Å². The van der Waals surface area contributed by atoms with Crippen molar-refractivity contribution < 1.29 is 0 Å². The number of hydrogen-bond acceptors (Lipinski definition) is 3. The third kappa shape index (κ3) is 2.45. The largest absolute Gasteiger partial charge is 0.382 e. The van der Waals surface area contributed by atoms with E-state index in [9.17, 15) is 0 Å². The normalized spacial score (nSPS) is 10.3. The van der Waals surface area contributed by atoms with Gasteiger partial charge in [0, 0.05) is 5.56 Å². The summed E-state index contributed by atoms with van der Waals surface area (Å²) in [6.07, 6.45) is 0. The third-order valence-electron chi connectivity index (χ3n) is 2.97. The Balaban J connectivity index is 1.93. The molecule has 3 heteroatoms. The van der Waals surface area contributed by atoms with Crippen LogP contribution in [0, 0.1) is 0 Å². The van der Waals surface area contributed by atoms with Crippen LogP contribution in [0.1, 0.15) is 0 Å². The van der Waals surface area contributed by atoms with Gasteiger partial charge < -0.3 is 5.73 Å². The molecule has 0 radical (unpaired) electrons. The molecule has 3 rings (SSSR count). The van der Waals surface area contributed by atoms with Gasteiger partial charge in [-0.3, -0.25) is 0 Å². The van der Waals surface area contributed by atoms with Gasteiger partial charge >= 0.3 is 0 Å². The van der Waals surface area contributed by atoms with Gasteiger partial charge in [0.05, 0.1) is 5.69 Å². The molecule has 92 valence electrons. The van der Waals surface area contributed by atoms with Crippen LogP contribution in [-0.2, 0) is 0 Å². The van der Waals surface area contributed by atoms with Crippen LogP contribution >= 0.6 is 0 Å². The SMILES string of the molecule is Nc1ccc(-c2ccc(-c3ccccc3)cc2)nn1. The fourth-order valence-corrected chi connectivity index (χ4v) is 1.96. The Morgan fingerprint density at radius 3 is 1.84 bits per heavy atom. The molecule has 0 aliphatic heterocycles. The molecule has 2 N–H and O–H groups in total. The summed E-state index contributed by atoms with van der Waals surface area (Å²) in [7, 11) is 0. The lowest BCUT2D eigenvalue weighted by Crippen LogP contribution is -1.93. The summed E-state index contributed by atoms with van der Waals surface area (Å²) >= 11 is 0. The smallest absolute Gasteiger partial charge is 0.146 e. The van der Waals surface area contributed by atoms with Crippen molar-refractivity contribution in [1.82, 2.24) is 10.2 Å². The van der Waals surface area contributed by atoms with Crippen LogP contribution in [0.25, 0.3) is 22.4 Å². The Kier molecular flexibility index (Phi) is 2.94. The second-order valence-corrected chi connectivity index (χ2v) is 4.29. The van der Waals surface area contributed by atoms with E-state index in [1.165, 1.54) is 11.1 Å². The van der Waals surface area contributed by atoms with Crippen molar-refractivity contribution >= 4 is 5.82 Å².